The lowest BCUT2D eigenvalue weighted by molar-refractivity contribution is 0.323. The van der Waals surface area contributed by atoms with Gasteiger partial charge in [-0.05, 0) is 31.0 Å². The van der Waals surface area contributed by atoms with E-state index >= 15 is 0 Å². The van der Waals surface area contributed by atoms with Crippen LogP contribution in [0.5, 0.6) is 17.2 Å². The Labute approximate surface area is 157 Å². The van der Waals surface area contributed by atoms with Crippen molar-refractivity contribution in [2.24, 2.45) is 0 Å². The minimum Gasteiger partial charge on any atom is -0.493 e. The maximum absolute atomic E-state index is 5.51. The molecule has 1 saturated carbocycles. The van der Waals surface area contributed by atoms with E-state index in [1.54, 1.807) is 33.1 Å². The second-order valence-corrected chi connectivity index (χ2v) is 7.59. The van der Waals surface area contributed by atoms with Gasteiger partial charge in [-0.25, -0.2) is 0 Å². The van der Waals surface area contributed by atoms with Crippen molar-refractivity contribution in [1.29, 1.82) is 0 Å². The highest BCUT2D eigenvalue weighted by Crippen LogP contribution is 2.48. The van der Waals surface area contributed by atoms with Gasteiger partial charge in [-0.15, -0.1) is 0 Å². The monoisotopic (exact) mass is 369 g/mol. The lowest BCUT2D eigenvalue weighted by atomic mass is 9.83. The predicted molar refractivity (Wildman–Crippen MR) is 105 cm³/mol. The SMILES string of the molecule is COc1cc(Sc2c(C3CCC3)[nH]c3ccccc23)cc(OC)c1OC. The van der Waals surface area contributed by atoms with Crippen molar-refractivity contribution in [3.63, 3.8) is 0 Å². The van der Waals surface area contributed by atoms with Crippen molar-refractivity contribution in [1.82, 2.24) is 4.98 Å². The summed E-state index contributed by atoms with van der Waals surface area (Å²) >= 11 is 1.76. The van der Waals surface area contributed by atoms with Crippen LogP contribution in [-0.4, -0.2) is 26.3 Å². The molecule has 0 aliphatic heterocycles. The van der Waals surface area contributed by atoms with E-state index in [4.69, 9.17) is 14.2 Å². The number of methoxy groups -OCH3 is 3. The van der Waals surface area contributed by atoms with Gasteiger partial charge in [0.2, 0.25) is 5.75 Å². The van der Waals surface area contributed by atoms with E-state index < -0.39 is 0 Å². The van der Waals surface area contributed by atoms with Gasteiger partial charge in [-0.3, -0.25) is 0 Å². The molecule has 4 rings (SSSR count). The number of fused-ring (bicyclic) bond motifs is 1. The number of aromatic amines is 1. The molecule has 5 heteroatoms. The largest absolute Gasteiger partial charge is 0.493 e. The summed E-state index contributed by atoms with van der Waals surface area (Å²) < 4.78 is 16.5. The van der Waals surface area contributed by atoms with Crippen LogP contribution in [0.25, 0.3) is 10.9 Å². The summed E-state index contributed by atoms with van der Waals surface area (Å²) in [5, 5.41) is 1.27. The molecule has 1 N–H and O–H groups in total. The molecule has 0 atom stereocenters. The fraction of sp³-hybridized carbons (Fsp3) is 0.333. The van der Waals surface area contributed by atoms with Crippen LogP contribution < -0.4 is 14.2 Å². The molecule has 1 aliphatic rings. The van der Waals surface area contributed by atoms with Gasteiger partial charge < -0.3 is 19.2 Å². The molecule has 0 amide bonds. The highest BCUT2D eigenvalue weighted by molar-refractivity contribution is 7.99. The molecular formula is C21H23NO3S. The Kier molecular flexibility index (Phi) is 4.72. The van der Waals surface area contributed by atoms with Crippen molar-refractivity contribution in [3.8, 4) is 17.2 Å². The molecule has 4 nitrogen and oxygen atoms in total. The first-order valence-electron chi connectivity index (χ1n) is 8.83. The smallest absolute Gasteiger partial charge is 0.203 e. The molecule has 1 aromatic heterocycles. The summed E-state index contributed by atoms with van der Waals surface area (Å²) in [5.74, 6) is 2.61. The average molecular weight is 369 g/mol. The normalized spacial score (nSPS) is 14.3. The third kappa shape index (κ3) is 2.90. The molecule has 2 aromatic carbocycles. The Morgan fingerprint density at radius 1 is 0.962 bits per heavy atom. The van der Waals surface area contributed by atoms with Crippen molar-refractivity contribution in [2.45, 2.75) is 35.0 Å². The van der Waals surface area contributed by atoms with E-state index in [9.17, 15) is 0 Å². The van der Waals surface area contributed by atoms with E-state index in [0.29, 0.717) is 23.2 Å². The van der Waals surface area contributed by atoms with E-state index in [2.05, 4.69) is 29.2 Å². The molecule has 26 heavy (non-hydrogen) atoms. The van der Waals surface area contributed by atoms with Gasteiger partial charge in [0.15, 0.2) is 11.5 Å². The molecule has 1 aliphatic carbocycles. The van der Waals surface area contributed by atoms with Crippen molar-refractivity contribution in [2.75, 3.05) is 21.3 Å². The number of benzene rings is 2. The number of aromatic nitrogens is 1. The van der Waals surface area contributed by atoms with Crippen LogP contribution in [0, 0.1) is 0 Å². The Morgan fingerprint density at radius 3 is 2.23 bits per heavy atom. The third-order valence-corrected chi connectivity index (χ3v) is 6.17. The number of hydrogen-bond donors (Lipinski definition) is 1. The Morgan fingerprint density at radius 2 is 1.65 bits per heavy atom. The predicted octanol–water partition coefficient (Wildman–Crippen LogP) is 5.61. The summed E-state index contributed by atoms with van der Waals surface area (Å²) in [6, 6.07) is 12.5. The summed E-state index contributed by atoms with van der Waals surface area (Å²) in [4.78, 5) is 6.04. The van der Waals surface area contributed by atoms with Gasteiger partial charge in [0.05, 0.1) is 21.3 Å². The fourth-order valence-corrected chi connectivity index (χ4v) is 4.65. The van der Waals surface area contributed by atoms with Crippen molar-refractivity contribution >= 4 is 22.7 Å². The Bertz CT molecular complexity index is 905. The van der Waals surface area contributed by atoms with E-state index in [1.807, 2.05) is 12.1 Å². The van der Waals surface area contributed by atoms with Crippen LogP contribution in [0.3, 0.4) is 0 Å². The molecule has 0 bridgehead atoms. The first kappa shape index (κ1) is 17.2. The van der Waals surface area contributed by atoms with Gasteiger partial charge in [-0.1, -0.05) is 36.4 Å². The minimum atomic E-state index is 0.623. The zero-order chi connectivity index (χ0) is 18.1. The Balaban J connectivity index is 1.80. The Hall–Kier alpha value is -2.27. The molecule has 0 spiro atoms. The molecule has 3 aromatic rings. The maximum Gasteiger partial charge on any atom is 0.203 e. The van der Waals surface area contributed by atoms with Crippen LogP contribution in [0.2, 0.25) is 0 Å². The van der Waals surface area contributed by atoms with E-state index in [-0.39, 0.29) is 0 Å². The highest BCUT2D eigenvalue weighted by Gasteiger charge is 2.26. The minimum absolute atomic E-state index is 0.623. The number of nitrogens with one attached hydrogen (secondary N) is 1. The fourth-order valence-electron chi connectivity index (χ4n) is 3.47. The standard InChI is InChI=1S/C21H23NO3S/c1-23-17-11-14(12-18(24-2)20(17)25-3)26-21-15-9-4-5-10-16(15)22-19(21)13-7-6-8-13/h4-5,9-13,22H,6-8H2,1-3H3. The molecule has 0 saturated heterocycles. The van der Waals surface area contributed by atoms with Gasteiger partial charge in [0, 0.05) is 32.3 Å². The van der Waals surface area contributed by atoms with Crippen molar-refractivity contribution in [3.05, 3.63) is 42.1 Å². The summed E-state index contributed by atoms with van der Waals surface area (Å²) in [7, 11) is 4.93. The molecular weight excluding hydrogens is 346 g/mol. The van der Waals surface area contributed by atoms with Crippen LogP contribution in [0.1, 0.15) is 30.9 Å². The summed E-state index contributed by atoms with van der Waals surface area (Å²) in [5.41, 5.74) is 2.56. The number of para-hydroxylation sites is 1. The number of H-pyrrole nitrogens is 1. The van der Waals surface area contributed by atoms with Crippen LogP contribution in [-0.2, 0) is 0 Å². The lowest BCUT2D eigenvalue weighted by Gasteiger charge is -2.25. The molecule has 0 unspecified atom stereocenters. The van der Waals surface area contributed by atoms with Crippen molar-refractivity contribution < 1.29 is 14.2 Å². The number of hydrogen-bond acceptors (Lipinski definition) is 4. The molecule has 136 valence electrons. The average Bonchev–Trinajstić information content (AvgIpc) is 2.97. The van der Waals surface area contributed by atoms with Crippen LogP contribution in [0.15, 0.2) is 46.2 Å². The second-order valence-electron chi connectivity index (χ2n) is 6.50. The maximum atomic E-state index is 5.51. The second kappa shape index (κ2) is 7.16. The zero-order valence-electron chi connectivity index (χ0n) is 15.3. The van der Waals surface area contributed by atoms with Gasteiger partial charge in [0.1, 0.15) is 0 Å². The number of rotatable bonds is 6. The summed E-state index contributed by atoms with van der Waals surface area (Å²) in [6.45, 7) is 0. The van der Waals surface area contributed by atoms with Crippen LogP contribution >= 0.6 is 11.8 Å². The van der Waals surface area contributed by atoms with E-state index in [1.165, 1.54) is 40.8 Å². The molecule has 0 radical (unpaired) electrons. The number of ether oxygens (including phenoxy) is 3. The van der Waals surface area contributed by atoms with Crippen LogP contribution in [0.4, 0.5) is 0 Å². The quantitative estimate of drug-likeness (QED) is 0.613. The topological polar surface area (TPSA) is 43.5 Å². The first-order chi connectivity index (χ1) is 12.7. The highest BCUT2D eigenvalue weighted by atomic mass is 32.2. The summed E-state index contributed by atoms with van der Waals surface area (Å²) in [6.07, 6.45) is 3.83. The molecule has 1 heterocycles. The first-order valence-corrected chi connectivity index (χ1v) is 9.65. The van der Waals surface area contributed by atoms with Gasteiger partial charge in [-0.2, -0.15) is 0 Å². The third-order valence-electron chi connectivity index (χ3n) is 5.06. The molecule has 1 fully saturated rings. The van der Waals surface area contributed by atoms with E-state index in [0.717, 1.165) is 4.90 Å². The zero-order valence-corrected chi connectivity index (χ0v) is 16.1. The lowest BCUT2D eigenvalue weighted by Crippen LogP contribution is -2.09. The van der Waals surface area contributed by atoms with Gasteiger partial charge in [0.25, 0.3) is 0 Å². The van der Waals surface area contributed by atoms with Gasteiger partial charge >= 0.3 is 0 Å².